The van der Waals surface area contributed by atoms with Crippen LogP contribution in [-0.4, -0.2) is 51.1 Å². The monoisotopic (exact) mass is 239 g/mol. The van der Waals surface area contributed by atoms with E-state index in [9.17, 15) is 4.79 Å². The largest absolute Gasteiger partial charge is 0.355 e. The van der Waals surface area contributed by atoms with Crippen LogP contribution >= 0.6 is 0 Å². The molecule has 0 spiro atoms. The number of nitrogens with zero attached hydrogens (tertiary/aromatic N) is 1. The van der Waals surface area contributed by atoms with Crippen LogP contribution in [0.5, 0.6) is 0 Å². The number of nitrogens with one attached hydrogen (secondary N) is 2. The van der Waals surface area contributed by atoms with Gasteiger partial charge in [-0.3, -0.25) is 4.79 Å². The van der Waals surface area contributed by atoms with E-state index in [1.54, 1.807) is 0 Å². The average Bonchev–Trinajstić information content (AvgIpc) is 3.08. The van der Waals surface area contributed by atoms with E-state index < -0.39 is 0 Å². The van der Waals surface area contributed by atoms with Gasteiger partial charge < -0.3 is 15.5 Å². The first-order valence-electron chi connectivity index (χ1n) is 6.76. The fourth-order valence-corrected chi connectivity index (χ4v) is 2.66. The fourth-order valence-electron chi connectivity index (χ4n) is 2.66. The highest BCUT2D eigenvalue weighted by Crippen LogP contribution is 2.44. The van der Waals surface area contributed by atoms with E-state index in [0.717, 1.165) is 39.0 Å². The molecule has 2 rings (SSSR count). The van der Waals surface area contributed by atoms with Crippen molar-refractivity contribution in [2.75, 3.05) is 40.3 Å². The minimum Gasteiger partial charge on any atom is -0.355 e. The second kappa shape index (κ2) is 5.36. The maximum atomic E-state index is 12.0. The minimum atomic E-state index is 0.247. The van der Waals surface area contributed by atoms with Gasteiger partial charge in [0.25, 0.3) is 0 Å². The molecule has 0 bridgehead atoms. The van der Waals surface area contributed by atoms with Gasteiger partial charge in [-0.15, -0.1) is 0 Å². The molecule has 1 amide bonds. The molecule has 2 fully saturated rings. The van der Waals surface area contributed by atoms with Crippen molar-refractivity contribution in [3.8, 4) is 0 Å². The Morgan fingerprint density at radius 1 is 1.29 bits per heavy atom. The molecule has 1 saturated carbocycles. The van der Waals surface area contributed by atoms with Crippen molar-refractivity contribution < 1.29 is 4.79 Å². The molecule has 1 aliphatic carbocycles. The average molecular weight is 239 g/mol. The predicted octanol–water partition coefficient (Wildman–Crippen LogP) is 0.444. The summed E-state index contributed by atoms with van der Waals surface area (Å²) < 4.78 is 0. The third kappa shape index (κ3) is 3.42. The van der Waals surface area contributed by atoms with Gasteiger partial charge in [0.1, 0.15) is 0 Å². The highest BCUT2D eigenvalue weighted by Gasteiger charge is 2.42. The zero-order chi connectivity index (χ0) is 12.3. The van der Waals surface area contributed by atoms with Crippen LogP contribution in [0.3, 0.4) is 0 Å². The van der Waals surface area contributed by atoms with Gasteiger partial charge in [0, 0.05) is 24.4 Å². The van der Waals surface area contributed by atoms with Crippen molar-refractivity contribution >= 4 is 5.91 Å². The van der Waals surface area contributed by atoms with Crippen LogP contribution in [0, 0.1) is 11.3 Å². The van der Waals surface area contributed by atoms with E-state index in [0.29, 0.717) is 5.41 Å². The highest BCUT2D eigenvalue weighted by molar-refractivity contribution is 5.78. The molecule has 1 aliphatic heterocycles. The lowest BCUT2D eigenvalue weighted by Crippen LogP contribution is -2.42. The van der Waals surface area contributed by atoms with Crippen molar-refractivity contribution in [1.29, 1.82) is 0 Å². The Kier molecular flexibility index (Phi) is 4.05. The van der Waals surface area contributed by atoms with Crippen molar-refractivity contribution in [3.63, 3.8) is 0 Å². The number of hydrogen-bond donors (Lipinski definition) is 2. The lowest BCUT2D eigenvalue weighted by atomic mass is 9.96. The number of amides is 1. The molecule has 4 nitrogen and oxygen atoms in total. The number of rotatable bonds is 5. The molecule has 1 heterocycles. The molecule has 17 heavy (non-hydrogen) atoms. The smallest absolute Gasteiger partial charge is 0.223 e. The van der Waals surface area contributed by atoms with Crippen LogP contribution in [0.4, 0.5) is 0 Å². The third-order valence-electron chi connectivity index (χ3n) is 4.24. The first kappa shape index (κ1) is 12.8. The maximum absolute atomic E-state index is 12.0. The van der Waals surface area contributed by atoms with Gasteiger partial charge in [0.05, 0.1) is 0 Å². The van der Waals surface area contributed by atoms with E-state index >= 15 is 0 Å². The summed E-state index contributed by atoms with van der Waals surface area (Å²) in [5, 5.41) is 6.38. The van der Waals surface area contributed by atoms with Crippen LogP contribution in [-0.2, 0) is 4.79 Å². The molecule has 0 aromatic heterocycles. The number of piperidine rings is 1. The molecule has 98 valence electrons. The Hall–Kier alpha value is -0.610. The Labute approximate surface area is 104 Å². The summed E-state index contributed by atoms with van der Waals surface area (Å²) in [6, 6.07) is 0. The SMILES string of the molecule is CNCC1(CNC(=O)C2CCN(C)CC2)CC1. The molecule has 0 radical (unpaired) electrons. The molecule has 2 N–H and O–H groups in total. The zero-order valence-corrected chi connectivity index (χ0v) is 11.1. The van der Waals surface area contributed by atoms with Gasteiger partial charge in [0.15, 0.2) is 0 Å². The van der Waals surface area contributed by atoms with E-state index in [-0.39, 0.29) is 11.8 Å². The minimum absolute atomic E-state index is 0.247. The summed E-state index contributed by atoms with van der Waals surface area (Å²) >= 11 is 0. The number of carbonyl (C=O) groups is 1. The summed E-state index contributed by atoms with van der Waals surface area (Å²) in [5.74, 6) is 0.525. The lowest BCUT2D eigenvalue weighted by molar-refractivity contribution is -0.126. The standard InChI is InChI=1S/C13H25N3O/c1-14-9-13(5-6-13)10-15-12(17)11-3-7-16(2)8-4-11/h11,14H,3-10H2,1-2H3,(H,15,17). The van der Waals surface area contributed by atoms with Crippen LogP contribution in [0.15, 0.2) is 0 Å². The van der Waals surface area contributed by atoms with Gasteiger partial charge in [-0.2, -0.15) is 0 Å². The van der Waals surface area contributed by atoms with Crippen molar-refractivity contribution in [2.24, 2.45) is 11.3 Å². The van der Waals surface area contributed by atoms with Crippen molar-refractivity contribution in [2.45, 2.75) is 25.7 Å². The topological polar surface area (TPSA) is 44.4 Å². The Bertz CT molecular complexity index is 268. The lowest BCUT2D eigenvalue weighted by Gasteiger charge is -2.28. The Morgan fingerprint density at radius 2 is 1.94 bits per heavy atom. The Balaban J connectivity index is 1.70. The normalized spacial score (nSPS) is 24.6. The molecular formula is C13H25N3O. The van der Waals surface area contributed by atoms with E-state index in [4.69, 9.17) is 0 Å². The fraction of sp³-hybridized carbons (Fsp3) is 0.923. The second-order valence-electron chi connectivity index (χ2n) is 5.83. The summed E-state index contributed by atoms with van der Waals surface area (Å²) in [6.45, 7) is 4.00. The first-order valence-corrected chi connectivity index (χ1v) is 6.76. The van der Waals surface area contributed by atoms with Crippen molar-refractivity contribution in [1.82, 2.24) is 15.5 Å². The maximum Gasteiger partial charge on any atom is 0.223 e. The van der Waals surface area contributed by atoms with Crippen LogP contribution in [0.1, 0.15) is 25.7 Å². The highest BCUT2D eigenvalue weighted by atomic mass is 16.1. The Morgan fingerprint density at radius 3 is 2.47 bits per heavy atom. The van der Waals surface area contributed by atoms with Crippen LogP contribution < -0.4 is 10.6 Å². The number of hydrogen-bond acceptors (Lipinski definition) is 3. The summed E-state index contributed by atoms with van der Waals surface area (Å²) in [5.41, 5.74) is 0.371. The molecule has 1 saturated heterocycles. The first-order chi connectivity index (χ1) is 8.15. The zero-order valence-electron chi connectivity index (χ0n) is 11.1. The van der Waals surface area contributed by atoms with Gasteiger partial charge in [0.2, 0.25) is 5.91 Å². The quantitative estimate of drug-likeness (QED) is 0.732. The van der Waals surface area contributed by atoms with Crippen LogP contribution in [0.2, 0.25) is 0 Å². The van der Waals surface area contributed by atoms with Gasteiger partial charge >= 0.3 is 0 Å². The number of carbonyl (C=O) groups excluding carboxylic acids is 1. The van der Waals surface area contributed by atoms with Gasteiger partial charge in [-0.25, -0.2) is 0 Å². The van der Waals surface area contributed by atoms with Gasteiger partial charge in [-0.1, -0.05) is 0 Å². The molecule has 0 atom stereocenters. The summed E-state index contributed by atoms with van der Waals surface area (Å²) in [7, 11) is 4.11. The second-order valence-corrected chi connectivity index (χ2v) is 5.83. The molecule has 2 aliphatic rings. The van der Waals surface area contributed by atoms with Gasteiger partial charge in [-0.05, 0) is 52.9 Å². The third-order valence-corrected chi connectivity index (χ3v) is 4.24. The summed E-state index contributed by atoms with van der Waals surface area (Å²) in [4.78, 5) is 14.3. The van der Waals surface area contributed by atoms with E-state index in [1.807, 2.05) is 7.05 Å². The molecular weight excluding hydrogens is 214 g/mol. The molecule has 0 aromatic rings. The predicted molar refractivity (Wildman–Crippen MR) is 68.8 cm³/mol. The van der Waals surface area contributed by atoms with Crippen LogP contribution in [0.25, 0.3) is 0 Å². The van der Waals surface area contributed by atoms with Crippen molar-refractivity contribution in [3.05, 3.63) is 0 Å². The molecule has 0 aromatic carbocycles. The van der Waals surface area contributed by atoms with E-state index in [2.05, 4.69) is 22.6 Å². The molecule has 4 heteroatoms. The van der Waals surface area contributed by atoms with E-state index in [1.165, 1.54) is 12.8 Å². The number of likely N-dealkylation sites (tertiary alicyclic amines) is 1. The molecule has 0 unspecified atom stereocenters. The summed E-state index contributed by atoms with van der Waals surface area (Å²) in [6.07, 6.45) is 4.53.